The Kier molecular flexibility index (Phi) is 3.90. The van der Waals surface area contributed by atoms with Crippen molar-refractivity contribution in [3.8, 4) is 0 Å². The van der Waals surface area contributed by atoms with Gasteiger partial charge in [0.15, 0.2) is 12.4 Å². The van der Waals surface area contributed by atoms with Gasteiger partial charge in [0, 0.05) is 11.3 Å². The second-order valence-corrected chi connectivity index (χ2v) is 6.67. The number of halogens is 8. The molecule has 0 aliphatic heterocycles. The predicted molar refractivity (Wildman–Crippen MR) is 63.6 cm³/mol. The summed E-state index contributed by atoms with van der Waals surface area (Å²) in [4.78, 5) is 19.3. The summed E-state index contributed by atoms with van der Waals surface area (Å²) in [5.41, 5.74) is 3.03. The zero-order valence-electron chi connectivity index (χ0n) is 10.7. The highest BCUT2D eigenvalue weighted by Gasteiger charge is 2.65. The number of esters is 1. The quantitative estimate of drug-likeness (QED) is 0.371. The van der Waals surface area contributed by atoms with E-state index in [9.17, 15) is 42.2 Å². The number of alkyl halides is 3. The topological polar surface area (TPSA) is 69.4 Å². The third-order valence-corrected chi connectivity index (χ3v) is 3.39. The summed E-state index contributed by atoms with van der Waals surface area (Å²) in [5.74, 6) is -4.33. The number of ether oxygens (including phenoxy) is 1. The molecule has 1 aromatic carbocycles. The molecule has 0 aliphatic rings. The molecule has 1 aromatic rings. The zero-order chi connectivity index (χ0) is 18.3. The van der Waals surface area contributed by atoms with Gasteiger partial charge in [0.1, 0.15) is 4.90 Å². The molecule has 0 aliphatic carbocycles. The van der Waals surface area contributed by atoms with Crippen LogP contribution < -0.4 is 5.73 Å². The molecule has 0 radical (unpaired) electrons. The van der Waals surface area contributed by atoms with E-state index in [2.05, 4.69) is 4.74 Å². The lowest BCUT2D eigenvalue weighted by Gasteiger charge is -2.40. The molecule has 2 N–H and O–H groups in total. The van der Waals surface area contributed by atoms with Crippen LogP contribution in [-0.4, -0.2) is 24.5 Å². The van der Waals surface area contributed by atoms with Crippen molar-refractivity contribution in [2.75, 3.05) is 12.3 Å². The molecule has 132 valence electrons. The molecule has 0 fully saturated rings. The number of Topliss-reactive ketones (excluding diaryl/α,β-unsaturated/α-hetero) is 1. The molecule has 13 heteroatoms. The van der Waals surface area contributed by atoms with E-state index in [0.29, 0.717) is 6.07 Å². The Hall–Kier alpha value is -2.05. The van der Waals surface area contributed by atoms with Gasteiger partial charge in [-0.15, -0.1) is 0 Å². The van der Waals surface area contributed by atoms with Crippen LogP contribution in [0, 0.1) is 0 Å². The molecular formula is C10H7F8NO3S. The van der Waals surface area contributed by atoms with Crippen molar-refractivity contribution < 1.29 is 46.9 Å². The van der Waals surface area contributed by atoms with E-state index in [0.717, 1.165) is 0 Å². The summed E-state index contributed by atoms with van der Waals surface area (Å²) in [6.45, 7) is -1.60. The predicted octanol–water partition coefficient (Wildman–Crippen LogP) is 4.21. The molecule has 1 rings (SSSR count). The lowest BCUT2D eigenvalue weighted by atomic mass is 10.1. The Morgan fingerprint density at radius 2 is 1.57 bits per heavy atom. The van der Waals surface area contributed by atoms with Gasteiger partial charge < -0.3 is 10.5 Å². The molecule has 0 unspecified atom stereocenters. The number of carbonyl (C=O) groups excluding carboxylic acids is 2. The summed E-state index contributed by atoms with van der Waals surface area (Å²) < 4.78 is 102. The van der Waals surface area contributed by atoms with Crippen LogP contribution in [0.1, 0.15) is 10.4 Å². The Morgan fingerprint density at radius 1 is 1.04 bits per heavy atom. The summed E-state index contributed by atoms with van der Waals surface area (Å²) >= 11 is 0. The van der Waals surface area contributed by atoms with Gasteiger partial charge in [-0.3, -0.25) is 4.79 Å². The maximum absolute atomic E-state index is 12.6. The summed E-state index contributed by atoms with van der Waals surface area (Å²) in [7, 11) is -10.1. The van der Waals surface area contributed by atoms with Gasteiger partial charge in [0.2, 0.25) is 0 Å². The van der Waals surface area contributed by atoms with Crippen LogP contribution in [0.2, 0.25) is 0 Å². The molecule has 0 heterocycles. The Bertz CT molecular complexity index is 667. The van der Waals surface area contributed by atoms with Gasteiger partial charge >= 0.3 is 22.4 Å². The zero-order valence-corrected chi connectivity index (χ0v) is 11.5. The van der Waals surface area contributed by atoms with Crippen LogP contribution in [0.15, 0.2) is 23.1 Å². The van der Waals surface area contributed by atoms with E-state index in [4.69, 9.17) is 5.73 Å². The van der Waals surface area contributed by atoms with Crippen molar-refractivity contribution in [1.29, 1.82) is 0 Å². The first kappa shape index (κ1) is 19.0. The third-order valence-electron chi connectivity index (χ3n) is 2.26. The number of anilines is 1. The maximum Gasteiger partial charge on any atom is 0.490 e. The number of rotatable bonds is 4. The van der Waals surface area contributed by atoms with Gasteiger partial charge in [-0.25, -0.2) is 4.79 Å². The number of benzene rings is 1. The molecule has 0 amide bonds. The fraction of sp³-hybridized carbons (Fsp3) is 0.200. The van der Waals surface area contributed by atoms with Crippen molar-refractivity contribution in [2.45, 2.75) is 11.1 Å². The minimum atomic E-state index is -10.1. The van der Waals surface area contributed by atoms with Crippen molar-refractivity contribution >= 4 is 27.7 Å². The van der Waals surface area contributed by atoms with Crippen molar-refractivity contribution in [2.24, 2.45) is 0 Å². The van der Waals surface area contributed by atoms with E-state index >= 15 is 0 Å². The average Bonchev–Trinajstić information content (AvgIpc) is 2.30. The van der Waals surface area contributed by atoms with Crippen molar-refractivity contribution in [1.82, 2.24) is 0 Å². The van der Waals surface area contributed by atoms with Gasteiger partial charge in [-0.1, -0.05) is 19.4 Å². The Labute approximate surface area is 122 Å². The third kappa shape index (κ3) is 5.26. The smallest absolute Gasteiger partial charge is 0.451 e. The molecule has 0 saturated heterocycles. The number of hydrogen-bond acceptors (Lipinski definition) is 4. The highest BCUT2D eigenvalue weighted by Crippen LogP contribution is 3.02. The van der Waals surface area contributed by atoms with Gasteiger partial charge in [-0.05, 0) is 18.2 Å². The van der Waals surface area contributed by atoms with Crippen LogP contribution in [-0.2, 0) is 9.53 Å². The fourth-order valence-corrected chi connectivity index (χ4v) is 2.01. The van der Waals surface area contributed by atoms with E-state index < -0.39 is 50.9 Å². The summed E-state index contributed by atoms with van der Waals surface area (Å²) in [6.07, 6.45) is -5.43. The molecule has 0 saturated carbocycles. The van der Waals surface area contributed by atoms with Gasteiger partial charge in [0.25, 0.3) is 0 Å². The van der Waals surface area contributed by atoms with Crippen molar-refractivity contribution in [3.63, 3.8) is 0 Å². The number of hydrogen-bond donors (Lipinski definition) is 1. The van der Waals surface area contributed by atoms with Crippen LogP contribution >= 0.6 is 10.2 Å². The van der Waals surface area contributed by atoms with Gasteiger partial charge in [0.05, 0.1) is 0 Å². The molecule has 0 atom stereocenters. The minimum Gasteiger partial charge on any atom is -0.451 e. The molecule has 0 spiro atoms. The Balaban J connectivity index is 3.10. The molecule has 0 aromatic heterocycles. The molecule has 4 nitrogen and oxygen atoms in total. The summed E-state index contributed by atoms with van der Waals surface area (Å²) in [6, 6.07) is 0.124. The Morgan fingerprint density at radius 3 is 2.00 bits per heavy atom. The van der Waals surface area contributed by atoms with E-state index in [1.54, 1.807) is 0 Å². The lowest BCUT2D eigenvalue weighted by molar-refractivity contribution is -0.198. The maximum atomic E-state index is 12.6. The van der Waals surface area contributed by atoms with Crippen LogP contribution in [0.3, 0.4) is 0 Å². The monoisotopic (exact) mass is 373 g/mol. The fourth-order valence-electron chi connectivity index (χ4n) is 1.30. The van der Waals surface area contributed by atoms with E-state index in [1.807, 2.05) is 0 Å². The van der Waals surface area contributed by atoms with Crippen LogP contribution in [0.4, 0.5) is 38.3 Å². The van der Waals surface area contributed by atoms with Crippen LogP contribution in [0.5, 0.6) is 0 Å². The van der Waals surface area contributed by atoms with Crippen LogP contribution in [0.25, 0.3) is 0 Å². The first-order valence-electron chi connectivity index (χ1n) is 5.32. The molecule has 0 bridgehead atoms. The number of ketones is 1. The van der Waals surface area contributed by atoms with E-state index in [-0.39, 0.29) is 12.1 Å². The van der Waals surface area contributed by atoms with Crippen molar-refractivity contribution in [3.05, 3.63) is 23.8 Å². The van der Waals surface area contributed by atoms with E-state index in [1.165, 1.54) is 0 Å². The highest BCUT2D eigenvalue weighted by molar-refractivity contribution is 8.45. The molecular weight excluding hydrogens is 366 g/mol. The second kappa shape index (κ2) is 4.72. The standard InChI is InChI=1S/C10H7F8NO3S/c11-10(12,13)9(21)22-4-8(20)5-1-6(19)3-7(2-5)23(14,15,16,17)18/h1-3H,4,19H2. The first-order valence-corrected chi connectivity index (χ1v) is 7.27. The second-order valence-electron chi connectivity index (χ2n) is 4.26. The summed E-state index contributed by atoms with van der Waals surface area (Å²) in [5, 5.41) is 0. The SMILES string of the molecule is Nc1cc(C(=O)COC(=O)C(F)(F)F)cc(S(F)(F)(F)(F)F)c1. The average molecular weight is 373 g/mol. The number of nitrogens with two attached hydrogens (primary N) is 1. The minimum absolute atomic E-state index is 0.125. The highest BCUT2D eigenvalue weighted by atomic mass is 32.5. The lowest BCUT2D eigenvalue weighted by Crippen LogP contribution is -2.27. The largest absolute Gasteiger partial charge is 0.490 e. The molecule has 23 heavy (non-hydrogen) atoms. The van der Waals surface area contributed by atoms with Gasteiger partial charge in [-0.2, -0.15) is 13.2 Å². The number of nitrogen functional groups attached to an aromatic ring is 1. The first-order chi connectivity index (χ1) is 9.90. The number of carbonyl (C=O) groups is 2. The normalized spacial score (nSPS) is 15.5.